The van der Waals surface area contributed by atoms with Gasteiger partial charge in [-0.15, -0.1) is 6.58 Å². The van der Waals surface area contributed by atoms with E-state index in [1.165, 1.54) is 0 Å². The number of carbonyl (C=O) groups excluding carboxylic acids is 1. The first-order valence-electron chi connectivity index (χ1n) is 11.7. The minimum Gasteiger partial charge on any atom is -0.497 e. The number of hydrogen-bond donors (Lipinski definition) is 2. The molecule has 0 unspecified atom stereocenters. The van der Waals surface area contributed by atoms with Crippen LogP contribution in [0.15, 0.2) is 55.1 Å². The quantitative estimate of drug-likeness (QED) is 0.535. The highest BCUT2D eigenvalue weighted by Gasteiger charge is 2.57. The van der Waals surface area contributed by atoms with Crippen LogP contribution in [0.25, 0.3) is 0 Å². The Morgan fingerprint density at radius 1 is 1.26 bits per heavy atom. The van der Waals surface area contributed by atoms with E-state index >= 15 is 0 Å². The SMILES string of the molecule is C=CCN1CC[C@@]2(c3cccc(OC)c3)C[C@@H](NC(=O)Cc3ccc(Cl)c(Cl)c3)CC[C@]2(O)C1. The molecule has 3 atom stereocenters. The molecule has 0 bridgehead atoms. The Morgan fingerprint density at radius 2 is 2.09 bits per heavy atom. The molecular weight excluding hydrogens is 471 g/mol. The normalized spacial score (nSPS) is 27.0. The van der Waals surface area contributed by atoms with E-state index in [2.05, 4.69) is 22.9 Å². The van der Waals surface area contributed by atoms with E-state index in [1.807, 2.05) is 30.3 Å². The van der Waals surface area contributed by atoms with Crippen LogP contribution in [-0.2, 0) is 16.6 Å². The van der Waals surface area contributed by atoms with Crippen molar-refractivity contribution in [3.63, 3.8) is 0 Å². The Balaban J connectivity index is 1.57. The first-order chi connectivity index (χ1) is 16.3. The molecule has 34 heavy (non-hydrogen) atoms. The van der Waals surface area contributed by atoms with E-state index in [0.717, 1.165) is 42.8 Å². The number of carbonyl (C=O) groups is 1. The van der Waals surface area contributed by atoms with Gasteiger partial charge in [0.25, 0.3) is 0 Å². The average Bonchev–Trinajstić information content (AvgIpc) is 2.82. The number of amides is 1. The molecule has 2 aliphatic rings. The van der Waals surface area contributed by atoms with Gasteiger partial charge in [-0.25, -0.2) is 0 Å². The summed E-state index contributed by atoms with van der Waals surface area (Å²) in [5.41, 5.74) is 0.514. The van der Waals surface area contributed by atoms with Crippen molar-refractivity contribution in [3.8, 4) is 5.75 Å². The first kappa shape index (κ1) is 25.1. The minimum atomic E-state index is -0.897. The van der Waals surface area contributed by atoms with E-state index in [1.54, 1.807) is 19.2 Å². The fourth-order valence-corrected chi connectivity index (χ4v) is 6.08. The van der Waals surface area contributed by atoms with Crippen LogP contribution in [0.4, 0.5) is 0 Å². The summed E-state index contributed by atoms with van der Waals surface area (Å²) in [6, 6.07) is 13.2. The zero-order valence-electron chi connectivity index (χ0n) is 19.5. The molecule has 1 aliphatic heterocycles. The number of β-amino-alcohol motifs (C(OH)–C–C–N with tert-alkyl or cyclic N) is 1. The topological polar surface area (TPSA) is 61.8 Å². The number of nitrogens with one attached hydrogen (secondary N) is 1. The monoisotopic (exact) mass is 502 g/mol. The molecule has 2 aromatic rings. The molecule has 7 heteroatoms. The lowest BCUT2D eigenvalue weighted by atomic mass is 9.55. The van der Waals surface area contributed by atoms with Crippen molar-refractivity contribution in [2.45, 2.75) is 49.2 Å². The number of fused-ring (bicyclic) bond motifs is 1. The summed E-state index contributed by atoms with van der Waals surface area (Å²) in [7, 11) is 1.66. The zero-order valence-corrected chi connectivity index (χ0v) is 21.0. The van der Waals surface area contributed by atoms with Gasteiger partial charge in [-0.1, -0.05) is 47.5 Å². The standard InChI is InChI=1S/C27H32Cl2N2O3/c1-3-12-31-13-11-26(20-5-4-6-22(16-20)34-2)17-21(9-10-27(26,33)18-31)30-25(32)15-19-7-8-23(28)24(29)14-19/h3-8,14,16,21,33H,1,9-13,15,17-18H2,2H3,(H,30,32)/t21-,26-,27-/m0/s1. The Hall–Kier alpha value is -2.05. The van der Waals surface area contributed by atoms with Gasteiger partial charge < -0.3 is 15.2 Å². The van der Waals surface area contributed by atoms with Crippen LogP contribution in [0.3, 0.4) is 0 Å². The number of aliphatic hydroxyl groups is 1. The fraction of sp³-hybridized carbons (Fsp3) is 0.444. The smallest absolute Gasteiger partial charge is 0.224 e. The minimum absolute atomic E-state index is 0.0345. The summed E-state index contributed by atoms with van der Waals surface area (Å²) in [4.78, 5) is 15.2. The molecule has 1 aliphatic carbocycles. The van der Waals surface area contributed by atoms with Gasteiger partial charge in [0.15, 0.2) is 0 Å². The largest absolute Gasteiger partial charge is 0.497 e. The third-order valence-electron chi connectivity index (χ3n) is 7.46. The molecule has 2 aromatic carbocycles. The molecular formula is C27H32Cl2N2O3. The summed E-state index contributed by atoms with van der Waals surface area (Å²) in [6.07, 6.45) is 4.91. The van der Waals surface area contributed by atoms with Crippen LogP contribution in [0.1, 0.15) is 36.8 Å². The molecule has 2 fully saturated rings. The van der Waals surface area contributed by atoms with Crippen molar-refractivity contribution in [2.24, 2.45) is 0 Å². The number of rotatable bonds is 7. The van der Waals surface area contributed by atoms with Gasteiger partial charge in [0.05, 0.1) is 29.2 Å². The summed E-state index contributed by atoms with van der Waals surface area (Å²) in [5, 5.41) is 16.2. The zero-order chi connectivity index (χ0) is 24.3. The second kappa shape index (κ2) is 10.3. The van der Waals surface area contributed by atoms with Gasteiger partial charge in [-0.05, 0) is 67.6 Å². The second-order valence-corrected chi connectivity index (χ2v) is 10.4. The van der Waals surface area contributed by atoms with Gasteiger partial charge in [-0.3, -0.25) is 9.69 Å². The van der Waals surface area contributed by atoms with Crippen LogP contribution >= 0.6 is 23.2 Å². The molecule has 0 radical (unpaired) electrons. The van der Waals surface area contributed by atoms with E-state index in [4.69, 9.17) is 27.9 Å². The maximum atomic E-state index is 12.9. The van der Waals surface area contributed by atoms with Crippen molar-refractivity contribution in [3.05, 3.63) is 76.3 Å². The van der Waals surface area contributed by atoms with Gasteiger partial charge >= 0.3 is 0 Å². The van der Waals surface area contributed by atoms with Crippen LogP contribution < -0.4 is 10.1 Å². The maximum Gasteiger partial charge on any atom is 0.224 e. The molecule has 182 valence electrons. The Kier molecular flexibility index (Phi) is 7.58. The van der Waals surface area contributed by atoms with E-state index < -0.39 is 11.0 Å². The number of hydrogen-bond acceptors (Lipinski definition) is 4. The Labute approximate surface area is 211 Å². The summed E-state index contributed by atoms with van der Waals surface area (Å²) in [5.74, 6) is 0.715. The number of ether oxygens (including phenoxy) is 1. The Bertz CT molecular complexity index is 1060. The van der Waals surface area contributed by atoms with Crippen molar-refractivity contribution in [2.75, 3.05) is 26.7 Å². The molecule has 4 rings (SSSR count). The van der Waals surface area contributed by atoms with Gasteiger partial charge in [0.2, 0.25) is 5.91 Å². The number of likely N-dealkylation sites (tertiary alicyclic amines) is 1. The lowest BCUT2D eigenvalue weighted by Gasteiger charge is -2.58. The highest BCUT2D eigenvalue weighted by Crippen LogP contribution is 2.52. The highest BCUT2D eigenvalue weighted by molar-refractivity contribution is 6.42. The van der Waals surface area contributed by atoms with Crippen LogP contribution in [-0.4, -0.2) is 54.3 Å². The third kappa shape index (κ3) is 4.99. The Morgan fingerprint density at radius 3 is 2.82 bits per heavy atom. The third-order valence-corrected chi connectivity index (χ3v) is 8.19. The molecule has 1 amide bonds. The number of halogens is 2. The van der Waals surface area contributed by atoms with Crippen molar-refractivity contribution in [1.82, 2.24) is 10.2 Å². The van der Waals surface area contributed by atoms with Gasteiger partial charge in [-0.2, -0.15) is 0 Å². The summed E-state index contributed by atoms with van der Waals surface area (Å²) in [6.45, 7) is 6.06. The molecule has 5 nitrogen and oxygen atoms in total. The molecule has 1 saturated heterocycles. The van der Waals surface area contributed by atoms with Crippen molar-refractivity contribution >= 4 is 29.1 Å². The fourth-order valence-electron chi connectivity index (χ4n) is 5.75. The lowest BCUT2D eigenvalue weighted by molar-refractivity contribution is -0.132. The van der Waals surface area contributed by atoms with Gasteiger partial charge in [0.1, 0.15) is 5.75 Å². The van der Waals surface area contributed by atoms with E-state index in [9.17, 15) is 9.90 Å². The van der Waals surface area contributed by atoms with Crippen molar-refractivity contribution in [1.29, 1.82) is 0 Å². The predicted octanol–water partition coefficient (Wildman–Crippen LogP) is 4.77. The number of piperidine rings is 1. The lowest BCUT2D eigenvalue weighted by Crippen LogP contribution is -2.67. The molecule has 0 aromatic heterocycles. The number of benzene rings is 2. The van der Waals surface area contributed by atoms with Crippen molar-refractivity contribution < 1.29 is 14.6 Å². The van der Waals surface area contributed by atoms with Gasteiger partial charge in [0, 0.05) is 24.5 Å². The van der Waals surface area contributed by atoms with Crippen LogP contribution in [0, 0.1) is 0 Å². The number of methoxy groups -OCH3 is 1. The van der Waals surface area contributed by atoms with E-state index in [0.29, 0.717) is 29.4 Å². The molecule has 2 N–H and O–H groups in total. The van der Waals surface area contributed by atoms with Crippen LogP contribution in [0.2, 0.25) is 10.0 Å². The summed E-state index contributed by atoms with van der Waals surface area (Å²) < 4.78 is 5.50. The average molecular weight is 503 g/mol. The number of nitrogens with zero attached hydrogens (tertiary/aromatic N) is 1. The van der Waals surface area contributed by atoms with Crippen LogP contribution in [0.5, 0.6) is 5.75 Å². The maximum absolute atomic E-state index is 12.9. The first-order valence-corrected chi connectivity index (χ1v) is 12.5. The van der Waals surface area contributed by atoms with E-state index in [-0.39, 0.29) is 18.4 Å². The second-order valence-electron chi connectivity index (χ2n) is 9.55. The molecule has 0 spiro atoms. The highest BCUT2D eigenvalue weighted by atomic mass is 35.5. The predicted molar refractivity (Wildman–Crippen MR) is 137 cm³/mol. The molecule has 1 heterocycles. The summed E-state index contributed by atoms with van der Waals surface area (Å²) >= 11 is 12.1. The molecule has 1 saturated carbocycles.